The largest absolute Gasteiger partial charge is 0.459 e. The summed E-state index contributed by atoms with van der Waals surface area (Å²) in [4.78, 5) is 37.7. The standard InChI is InChI=1S/C30H48O10/c1-9-11-21(33)39-20-14-18(32)16(5)13-19-25-24(27(38-19)29(20,7)35)23(15(3)4)26(40-22(34)12-10-2)28(30(25,8)36)37-17(6)31/h15,18-20,23-28,32,35-36H,5,9-14H2,1-4,6-8H3/t18-,19+,20+,23+,24+,25+,26-,27+,28+,29+,30-/m0/s1. The van der Waals surface area contributed by atoms with E-state index in [0.717, 1.165) is 0 Å². The molecule has 10 heteroatoms. The van der Waals surface area contributed by atoms with Crippen molar-refractivity contribution in [3.05, 3.63) is 12.2 Å². The monoisotopic (exact) mass is 568 g/mol. The molecular formula is C30H48O10. The normalized spacial score (nSPS) is 41.4. The molecule has 228 valence electrons. The Hall–Kier alpha value is -2.01. The molecule has 1 aliphatic carbocycles. The lowest BCUT2D eigenvalue weighted by Crippen LogP contribution is -2.68. The zero-order chi connectivity index (χ0) is 30.2. The van der Waals surface area contributed by atoms with Crippen LogP contribution in [0.1, 0.15) is 87.0 Å². The first-order chi connectivity index (χ1) is 18.6. The van der Waals surface area contributed by atoms with Crippen LogP contribution in [0.15, 0.2) is 12.2 Å². The maximum atomic E-state index is 12.8. The molecule has 0 aromatic heterocycles. The second kappa shape index (κ2) is 12.5. The van der Waals surface area contributed by atoms with E-state index in [9.17, 15) is 29.7 Å². The third-order valence-electron chi connectivity index (χ3n) is 8.97. The van der Waals surface area contributed by atoms with Gasteiger partial charge in [-0.25, -0.2) is 0 Å². The van der Waals surface area contributed by atoms with Gasteiger partial charge < -0.3 is 34.3 Å². The number of hydrogen-bond donors (Lipinski definition) is 3. The number of carbonyl (C=O) groups excluding carboxylic acids is 3. The number of aliphatic hydroxyl groups excluding tert-OH is 1. The average molecular weight is 569 g/mol. The third-order valence-corrected chi connectivity index (χ3v) is 8.97. The molecule has 3 fully saturated rings. The van der Waals surface area contributed by atoms with Crippen LogP contribution in [0, 0.1) is 23.7 Å². The maximum absolute atomic E-state index is 12.8. The highest BCUT2D eigenvalue weighted by molar-refractivity contribution is 5.70. The molecule has 0 aromatic rings. The summed E-state index contributed by atoms with van der Waals surface area (Å²) >= 11 is 0. The summed E-state index contributed by atoms with van der Waals surface area (Å²) in [5.74, 6) is -3.56. The number of aliphatic hydroxyl groups is 3. The molecule has 2 aliphatic heterocycles. The molecule has 2 bridgehead atoms. The first-order valence-corrected chi connectivity index (χ1v) is 14.6. The van der Waals surface area contributed by atoms with E-state index in [0.29, 0.717) is 18.4 Å². The van der Waals surface area contributed by atoms with Gasteiger partial charge >= 0.3 is 17.9 Å². The molecule has 3 N–H and O–H groups in total. The van der Waals surface area contributed by atoms with Crippen LogP contribution >= 0.6 is 0 Å². The highest BCUT2D eigenvalue weighted by atomic mass is 16.6. The Balaban J connectivity index is 2.20. The second-order valence-electron chi connectivity index (χ2n) is 12.5. The summed E-state index contributed by atoms with van der Waals surface area (Å²) in [7, 11) is 0. The van der Waals surface area contributed by atoms with Crippen molar-refractivity contribution in [2.45, 2.75) is 135 Å². The SMILES string of the molecule is C=C1C[C@H]2O[C@H]([C@@H]3[C@@H](C(C)C)[C@H](OC(=O)CCC)[C@@H](OC(C)=O)[C@@](C)(O)[C@@H]32)[C@](C)(O)[C@H](OC(=O)CCC)C[C@@H]1O. The van der Waals surface area contributed by atoms with Gasteiger partial charge in [0.05, 0.1) is 18.3 Å². The second-order valence-corrected chi connectivity index (χ2v) is 12.5. The van der Waals surface area contributed by atoms with Crippen molar-refractivity contribution in [3.63, 3.8) is 0 Å². The summed E-state index contributed by atoms with van der Waals surface area (Å²) in [5.41, 5.74) is -3.12. The van der Waals surface area contributed by atoms with Crippen molar-refractivity contribution < 1.29 is 48.7 Å². The summed E-state index contributed by atoms with van der Waals surface area (Å²) in [6, 6.07) is 0. The molecule has 2 heterocycles. The molecular weight excluding hydrogens is 520 g/mol. The third kappa shape index (κ3) is 6.25. The average Bonchev–Trinajstić information content (AvgIpc) is 3.21. The summed E-state index contributed by atoms with van der Waals surface area (Å²) in [6.45, 7) is 15.9. The van der Waals surface area contributed by atoms with E-state index in [-0.39, 0.29) is 31.6 Å². The van der Waals surface area contributed by atoms with Crippen molar-refractivity contribution in [2.75, 3.05) is 0 Å². The van der Waals surface area contributed by atoms with Gasteiger partial charge in [0.15, 0.2) is 6.10 Å². The molecule has 0 amide bonds. The first-order valence-electron chi connectivity index (χ1n) is 14.6. The fourth-order valence-electron chi connectivity index (χ4n) is 7.17. The molecule has 0 spiro atoms. The van der Waals surface area contributed by atoms with E-state index >= 15 is 0 Å². The quantitative estimate of drug-likeness (QED) is 0.227. The van der Waals surface area contributed by atoms with E-state index in [2.05, 4.69) is 6.58 Å². The van der Waals surface area contributed by atoms with E-state index < -0.39 is 83.5 Å². The molecule has 1 saturated carbocycles. The van der Waals surface area contributed by atoms with Crippen LogP contribution in [0.3, 0.4) is 0 Å². The Labute approximate surface area is 237 Å². The minimum Gasteiger partial charge on any atom is -0.459 e. The van der Waals surface area contributed by atoms with Crippen LogP contribution in [0.4, 0.5) is 0 Å². The van der Waals surface area contributed by atoms with Crippen LogP contribution < -0.4 is 0 Å². The van der Waals surface area contributed by atoms with Gasteiger partial charge in [-0.2, -0.15) is 0 Å². The molecule has 2 saturated heterocycles. The number of esters is 3. The van der Waals surface area contributed by atoms with Gasteiger partial charge in [0, 0.05) is 43.9 Å². The Morgan fingerprint density at radius 2 is 1.60 bits per heavy atom. The van der Waals surface area contributed by atoms with E-state index in [4.69, 9.17) is 18.9 Å². The van der Waals surface area contributed by atoms with Crippen LogP contribution in [-0.4, -0.2) is 81.1 Å². The van der Waals surface area contributed by atoms with Gasteiger partial charge in [0.25, 0.3) is 0 Å². The molecule has 3 aliphatic rings. The van der Waals surface area contributed by atoms with Gasteiger partial charge in [0.2, 0.25) is 0 Å². The molecule has 40 heavy (non-hydrogen) atoms. The number of carbonyl (C=O) groups is 3. The van der Waals surface area contributed by atoms with E-state index in [1.165, 1.54) is 20.8 Å². The van der Waals surface area contributed by atoms with Crippen LogP contribution in [-0.2, 0) is 33.3 Å². The maximum Gasteiger partial charge on any atom is 0.306 e. The van der Waals surface area contributed by atoms with Gasteiger partial charge in [-0.3, -0.25) is 14.4 Å². The summed E-state index contributed by atoms with van der Waals surface area (Å²) in [6.07, 6.45) is -4.63. The molecule has 0 aromatic carbocycles. The van der Waals surface area contributed by atoms with E-state index in [1.807, 2.05) is 27.7 Å². The Kier molecular flexibility index (Phi) is 10.1. The number of rotatable bonds is 8. The van der Waals surface area contributed by atoms with Gasteiger partial charge in [-0.15, -0.1) is 0 Å². The lowest BCUT2D eigenvalue weighted by atomic mass is 9.55. The minimum atomic E-state index is -1.79. The smallest absolute Gasteiger partial charge is 0.306 e. The number of fused-ring (bicyclic) bond motifs is 5. The minimum absolute atomic E-state index is 0.0705. The lowest BCUT2D eigenvalue weighted by Gasteiger charge is -2.55. The molecule has 0 radical (unpaired) electrons. The first kappa shape index (κ1) is 32.5. The van der Waals surface area contributed by atoms with Crippen molar-refractivity contribution in [3.8, 4) is 0 Å². The number of hydrogen-bond acceptors (Lipinski definition) is 10. The molecule has 10 nitrogen and oxygen atoms in total. The van der Waals surface area contributed by atoms with Gasteiger partial charge in [-0.1, -0.05) is 34.3 Å². The zero-order valence-corrected chi connectivity index (χ0v) is 24.9. The van der Waals surface area contributed by atoms with Gasteiger partial charge in [-0.05, 0) is 44.6 Å². The van der Waals surface area contributed by atoms with E-state index in [1.54, 1.807) is 0 Å². The Bertz CT molecular complexity index is 956. The van der Waals surface area contributed by atoms with Crippen molar-refractivity contribution >= 4 is 17.9 Å². The fraction of sp³-hybridized carbons (Fsp3) is 0.833. The van der Waals surface area contributed by atoms with Crippen LogP contribution in [0.2, 0.25) is 0 Å². The predicted octanol–water partition coefficient (Wildman–Crippen LogP) is 2.84. The van der Waals surface area contributed by atoms with Crippen molar-refractivity contribution in [2.24, 2.45) is 23.7 Å². The van der Waals surface area contributed by atoms with Crippen LogP contribution in [0.5, 0.6) is 0 Å². The fourth-order valence-corrected chi connectivity index (χ4v) is 7.17. The molecule has 3 rings (SSSR count). The molecule has 0 unspecified atom stereocenters. The van der Waals surface area contributed by atoms with Gasteiger partial charge in [0.1, 0.15) is 23.4 Å². The topological polar surface area (TPSA) is 149 Å². The van der Waals surface area contributed by atoms with Crippen LogP contribution in [0.25, 0.3) is 0 Å². The summed E-state index contributed by atoms with van der Waals surface area (Å²) in [5, 5.41) is 35.3. The molecule has 11 atom stereocenters. The lowest BCUT2D eigenvalue weighted by molar-refractivity contribution is -0.243. The highest BCUT2D eigenvalue weighted by Gasteiger charge is 2.70. The predicted molar refractivity (Wildman–Crippen MR) is 145 cm³/mol. The van der Waals surface area contributed by atoms with Crippen molar-refractivity contribution in [1.82, 2.24) is 0 Å². The Morgan fingerprint density at radius 1 is 1.02 bits per heavy atom. The zero-order valence-electron chi connectivity index (χ0n) is 24.9. The highest BCUT2D eigenvalue weighted by Crippen LogP contribution is 2.58. The van der Waals surface area contributed by atoms with Crippen molar-refractivity contribution in [1.29, 1.82) is 0 Å². The number of ether oxygens (including phenoxy) is 4. The summed E-state index contributed by atoms with van der Waals surface area (Å²) < 4.78 is 24.0. The Morgan fingerprint density at radius 3 is 2.12 bits per heavy atom.